The van der Waals surface area contributed by atoms with Crippen molar-refractivity contribution in [3.63, 3.8) is 0 Å². The van der Waals surface area contributed by atoms with Crippen molar-refractivity contribution in [2.24, 2.45) is 0 Å². The van der Waals surface area contributed by atoms with E-state index < -0.39 is 12.0 Å². The van der Waals surface area contributed by atoms with Gasteiger partial charge in [-0.2, -0.15) is 0 Å². The Balaban J connectivity index is 1.93. The molecule has 0 saturated heterocycles. The monoisotopic (exact) mass is 427 g/mol. The van der Waals surface area contributed by atoms with E-state index in [-0.39, 0.29) is 17.6 Å². The molecule has 0 fully saturated rings. The summed E-state index contributed by atoms with van der Waals surface area (Å²) in [5.41, 5.74) is 1.84. The summed E-state index contributed by atoms with van der Waals surface area (Å²) in [4.78, 5) is 42.7. The maximum atomic E-state index is 13.1. The highest BCUT2D eigenvalue weighted by atomic mass is 32.1. The van der Waals surface area contributed by atoms with Gasteiger partial charge in [0.25, 0.3) is 5.56 Å². The quantitative estimate of drug-likeness (QED) is 0.595. The van der Waals surface area contributed by atoms with Gasteiger partial charge in [-0.3, -0.25) is 14.2 Å². The largest absolute Gasteiger partial charge is 0.459 e. The zero-order valence-corrected chi connectivity index (χ0v) is 18.5. The number of benzene rings is 1. The number of pyridine rings is 1. The lowest BCUT2D eigenvalue weighted by Crippen LogP contribution is -2.33. The third-order valence-corrected chi connectivity index (χ3v) is 5.77. The van der Waals surface area contributed by atoms with Crippen LogP contribution in [0.25, 0.3) is 10.9 Å². The number of nitrogens with one attached hydrogen (secondary N) is 1. The molecule has 0 radical (unpaired) electrons. The highest BCUT2D eigenvalue weighted by Crippen LogP contribution is 2.26. The molecule has 1 aromatic carbocycles. The highest BCUT2D eigenvalue weighted by Gasteiger charge is 2.25. The summed E-state index contributed by atoms with van der Waals surface area (Å²) in [6.45, 7) is 8.96. The lowest BCUT2D eigenvalue weighted by molar-refractivity contribution is -0.119. The first-order valence-corrected chi connectivity index (χ1v) is 10.6. The number of fused-ring (bicyclic) bond motifs is 1. The molecular formula is C22H25N3O4S. The van der Waals surface area contributed by atoms with Crippen molar-refractivity contribution in [2.75, 3.05) is 5.32 Å². The molecule has 0 saturated carbocycles. The molecule has 1 N–H and O–H groups in total. The summed E-state index contributed by atoms with van der Waals surface area (Å²) >= 11 is 1.07. The average molecular weight is 428 g/mol. The number of hydrogen-bond acceptors (Lipinski definition) is 6. The Morgan fingerprint density at radius 2 is 1.93 bits per heavy atom. The van der Waals surface area contributed by atoms with Gasteiger partial charge in [0.05, 0.1) is 17.3 Å². The van der Waals surface area contributed by atoms with E-state index in [4.69, 9.17) is 4.74 Å². The maximum absolute atomic E-state index is 13.1. The Bertz CT molecular complexity index is 1160. The van der Waals surface area contributed by atoms with Crippen molar-refractivity contribution in [3.8, 4) is 0 Å². The molecule has 2 aromatic heterocycles. The van der Waals surface area contributed by atoms with E-state index in [0.717, 1.165) is 22.3 Å². The Hall–Kier alpha value is -3.00. The zero-order valence-electron chi connectivity index (χ0n) is 17.7. The number of ether oxygens (including phenoxy) is 1. The number of hydrogen-bond donors (Lipinski definition) is 1. The molecule has 7 nitrogen and oxygen atoms in total. The molecule has 0 spiro atoms. The van der Waals surface area contributed by atoms with Crippen LogP contribution in [0.1, 0.15) is 54.2 Å². The molecule has 0 bridgehead atoms. The Labute approximate surface area is 178 Å². The van der Waals surface area contributed by atoms with Crippen molar-refractivity contribution in [3.05, 3.63) is 56.8 Å². The van der Waals surface area contributed by atoms with Gasteiger partial charge in [-0.1, -0.05) is 36.5 Å². The first-order valence-electron chi connectivity index (χ1n) is 9.83. The van der Waals surface area contributed by atoms with Gasteiger partial charge in [-0.25, -0.2) is 9.78 Å². The minimum absolute atomic E-state index is 0.232. The van der Waals surface area contributed by atoms with Crippen LogP contribution < -0.4 is 10.9 Å². The molecule has 30 heavy (non-hydrogen) atoms. The normalized spacial score (nSPS) is 12.2. The maximum Gasteiger partial charge on any atom is 0.350 e. The Morgan fingerprint density at radius 3 is 2.60 bits per heavy atom. The predicted molar refractivity (Wildman–Crippen MR) is 118 cm³/mol. The molecule has 158 valence electrons. The SMILES string of the molecule is CCC(C(=O)Nc1nc(C)c(C(=O)OC(C)C)s1)n1c(=O)cc(C)c2ccccc21. The highest BCUT2D eigenvalue weighted by molar-refractivity contribution is 7.17. The van der Waals surface area contributed by atoms with Crippen LogP contribution in [0.3, 0.4) is 0 Å². The second-order valence-corrected chi connectivity index (χ2v) is 8.35. The molecule has 3 rings (SSSR count). The summed E-state index contributed by atoms with van der Waals surface area (Å²) in [5, 5.41) is 3.99. The fourth-order valence-electron chi connectivity index (χ4n) is 3.37. The number of aromatic nitrogens is 2. The Morgan fingerprint density at radius 1 is 1.23 bits per heavy atom. The molecule has 0 aliphatic rings. The lowest BCUT2D eigenvalue weighted by atomic mass is 10.1. The number of carbonyl (C=O) groups is 2. The summed E-state index contributed by atoms with van der Waals surface area (Å²) in [6, 6.07) is 8.36. The average Bonchev–Trinajstić information content (AvgIpc) is 3.04. The molecule has 1 atom stereocenters. The molecule has 0 aliphatic heterocycles. The minimum atomic E-state index is -0.710. The van der Waals surface area contributed by atoms with Crippen LogP contribution in [-0.2, 0) is 9.53 Å². The van der Waals surface area contributed by atoms with Crippen LogP contribution in [0.5, 0.6) is 0 Å². The number of carbonyl (C=O) groups excluding carboxylic acids is 2. The molecule has 3 aromatic rings. The van der Waals surface area contributed by atoms with E-state index in [2.05, 4.69) is 10.3 Å². The molecular weight excluding hydrogens is 402 g/mol. The van der Waals surface area contributed by atoms with Gasteiger partial charge < -0.3 is 10.1 Å². The van der Waals surface area contributed by atoms with Gasteiger partial charge in [0.1, 0.15) is 10.9 Å². The third kappa shape index (κ3) is 4.28. The molecule has 0 aliphatic carbocycles. The van der Waals surface area contributed by atoms with Crippen molar-refractivity contribution < 1.29 is 14.3 Å². The fraction of sp³-hybridized carbons (Fsp3) is 0.364. The van der Waals surface area contributed by atoms with Gasteiger partial charge in [0.15, 0.2) is 5.13 Å². The number of thiazole rings is 1. The minimum Gasteiger partial charge on any atom is -0.459 e. The number of para-hydroxylation sites is 1. The van der Waals surface area contributed by atoms with Crippen molar-refractivity contribution >= 4 is 39.2 Å². The van der Waals surface area contributed by atoms with E-state index in [1.807, 2.05) is 38.1 Å². The van der Waals surface area contributed by atoms with Gasteiger partial charge in [-0.15, -0.1) is 0 Å². The van der Waals surface area contributed by atoms with E-state index in [1.165, 1.54) is 4.57 Å². The molecule has 2 heterocycles. The van der Waals surface area contributed by atoms with Gasteiger partial charge in [0, 0.05) is 11.5 Å². The van der Waals surface area contributed by atoms with Crippen LogP contribution >= 0.6 is 11.3 Å². The van der Waals surface area contributed by atoms with Crippen LogP contribution in [-0.4, -0.2) is 27.5 Å². The number of anilines is 1. The summed E-state index contributed by atoms with van der Waals surface area (Å²) < 4.78 is 6.74. The second-order valence-electron chi connectivity index (χ2n) is 7.35. The van der Waals surface area contributed by atoms with Gasteiger partial charge in [0.2, 0.25) is 5.91 Å². The summed E-state index contributed by atoms with van der Waals surface area (Å²) in [7, 11) is 0. The van der Waals surface area contributed by atoms with Gasteiger partial charge in [-0.05, 0) is 45.7 Å². The first kappa shape index (κ1) is 21.7. The number of nitrogens with zero attached hydrogens (tertiary/aromatic N) is 2. The standard InChI is InChI=1S/C22H25N3O4S/c1-6-16(25-17-10-8-7-9-15(17)13(4)11-18(25)26)20(27)24-22-23-14(5)19(30-22)21(28)29-12(2)3/h7-12,16H,6H2,1-5H3,(H,23,24,27). The topological polar surface area (TPSA) is 90.3 Å². The fourth-order valence-corrected chi connectivity index (χ4v) is 4.22. The van der Waals surface area contributed by atoms with Crippen LogP contribution in [0.15, 0.2) is 35.1 Å². The predicted octanol–water partition coefficient (Wildman–Crippen LogP) is 4.23. The summed E-state index contributed by atoms with van der Waals surface area (Å²) in [5.74, 6) is -0.820. The van der Waals surface area contributed by atoms with E-state index in [1.54, 1.807) is 26.8 Å². The zero-order chi connectivity index (χ0) is 22.0. The van der Waals surface area contributed by atoms with Crippen LogP contribution in [0, 0.1) is 13.8 Å². The number of amides is 1. The van der Waals surface area contributed by atoms with Gasteiger partial charge >= 0.3 is 5.97 Å². The van der Waals surface area contributed by atoms with Crippen molar-refractivity contribution in [2.45, 2.75) is 53.2 Å². The molecule has 8 heteroatoms. The van der Waals surface area contributed by atoms with E-state index in [9.17, 15) is 14.4 Å². The van der Waals surface area contributed by atoms with E-state index in [0.29, 0.717) is 27.6 Å². The third-order valence-electron chi connectivity index (χ3n) is 4.72. The Kier molecular flexibility index (Phi) is 6.36. The van der Waals surface area contributed by atoms with Crippen molar-refractivity contribution in [1.29, 1.82) is 0 Å². The second kappa shape index (κ2) is 8.79. The van der Waals surface area contributed by atoms with Crippen LogP contribution in [0.2, 0.25) is 0 Å². The number of rotatable bonds is 6. The lowest BCUT2D eigenvalue weighted by Gasteiger charge is -2.20. The molecule has 1 unspecified atom stereocenters. The van der Waals surface area contributed by atoms with E-state index >= 15 is 0 Å². The molecule has 1 amide bonds. The van der Waals surface area contributed by atoms with Crippen LogP contribution in [0.4, 0.5) is 5.13 Å². The summed E-state index contributed by atoms with van der Waals surface area (Å²) in [6.07, 6.45) is 0.175. The first-order chi connectivity index (χ1) is 14.2. The number of esters is 1. The number of aryl methyl sites for hydroxylation is 2. The smallest absolute Gasteiger partial charge is 0.350 e. The van der Waals surface area contributed by atoms with Crippen molar-refractivity contribution in [1.82, 2.24) is 9.55 Å².